The van der Waals surface area contributed by atoms with Crippen LogP contribution in [0.2, 0.25) is 0 Å². The number of piperidine rings is 1. The zero-order chi connectivity index (χ0) is 20.7. The van der Waals surface area contributed by atoms with Crippen LogP contribution in [0, 0.1) is 5.82 Å². The minimum atomic E-state index is -0.414. The van der Waals surface area contributed by atoms with Crippen molar-refractivity contribution in [3.8, 4) is 0 Å². The molecule has 29 heavy (non-hydrogen) atoms. The number of imidazole rings is 1. The van der Waals surface area contributed by atoms with E-state index < -0.39 is 11.2 Å². The lowest BCUT2D eigenvalue weighted by Crippen LogP contribution is -3.15. The first-order chi connectivity index (χ1) is 13.9. The van der Waals surface area contributed by atoms with Crippen LogP contribution in [-0.4, -0.2) is 31.3 Å². The lowest BCUT2D eigenvalue weighted by Gasteiger charge is -2.30. The van der Waals surface area contributed by atoms with Crippen molar-refractivity contribution in [2.75, 3.05) is 6.54 Å². The van der Waals surface area contributed by atoms with Gasteiger partial charge in [0.15, 0.2) is 17.0 Å². The highest BCUT2D eigenvalue weighted by Crippen LogP contribution is 2.16. The molecule has 1 aliphatic rings. The number of quaternary nitrogens is 1. The number of rotatable bonds is 4. The summed E-state index contributed by atoms with van der Waals surface area (Å²) in [4.78, 5) is 31.4. The van der Waals surface area contributed by atoms with E-state index in [-0.39, 0.29) is 12.4 Å². The van der Waals surface area contributed by atoms with Crippen LogP contribution in [0.5, 0.6) is 0 Å². The Bertz CT molecular complexity index is 1180. The van der Waals surface area contributed by atoms with Gasteiger partial charge in [-0.05, 0) is 32.3 Å². The van der Waals surface area contributed by atoms with Crippen molar-refractivity contribution in [1.29, 1.82) is 0 Å². The van der Waals surface area contributed by atoms with Crippen LogP contribution >= 0.6 is 0 Å². The maximum Gasteiger partial charge on any atom is 0.332 e. The predicted octanol–water partition coefficient (Wildman–Crippen LogP) is 0.578. The molecule has 0 saturated carbocycles. The van der Waals surface area contributed by atoms with Gasteiger partial charge in [-0.1, -0.05) is 18.2 Å². The van der Waals surface area contributed by atoms with Gasteiger partial charge in [0.2, 0.25) is 0 Å². The average Bonchev–Trinajstić information content (AvgIpc) is 3.06. The molecule has 2 aromatic heterocycles. The zero-order valence-electron chi connectivity index (χ0n) is 17.1. The van der Waals surface area contributed by atoms with Gasteiger partial charge in [0.1, 0.15) is 12.4 Å². The fourth-order valence-corrected chi connectivity index (χ4v) is 4.31. The van der Waals surface area contributed by atoms with E-state index >= 15 is 0 Å². The Morgan fingerprint density at radius 3 is 2.66 bits per heavy atom. The summed E-state index contributed by atoms with van der Waals surface area (Å²) < 4.78 is 18.7. The summed E-state index contributed by atoms with van der Waals surface area (Å²) in [5, 5.41) is 0. The molecule has 1 saturated heterocycles. The van der Waals surface area contributed by atoms with Crippen LogP contribution in [0.3, 0.4) is 0 Å². The largest absolute Gasteiger partial charge is 0.332 e. The molecule has 1 aromatic carbocycles. The highest BCUT2D eigenvalue weighted by Gasteiger charge is 2.27. The first-order valence-corrected chi connectivity index (χ1v) is 10.1. The maximum atomic E-state index is 14.4. The summed E-state index contributed by atoms with van der Waals surface area (Å²) in [6.07, 6.45) is 3.54. The molecular formula is C21H27FN5O2+. The Labute approximate surface area is 168 Å². The molecule has 154 valence electrons. The van der Waals surface area contributed by atoms with Crippen molar-refractivity contribution in [2.45, 2.75) is 45.3 Å². The smallest absolute Gasteiger partial charge is 0.326 e. The molecule has 8 heteroatoms. The van der Waals surface area contributed by atoms with E-state index in [2.05, 4.69) is 6.92 Å². The van der Waals surface area contributed by atoms with Crippen LogP contribution < -0.4 is 16.1 Å². The molecule has 3 aromatic rings. The number of aryl methyl sites for hydroxylation is 1. The molecule has 2 atom stereocenters. The molecular weight excluding hydrogens is 373 g/mol. The summed E-state index contributed by atoms with van der Waals surface area (Å²) in [6.45, 7) is 4.11. The lowest BCUT2D eigenvalue weighted by atomic mass is 10.0. The molecule has 3 heterocycles. The van der Waals surface area contributed by atoms with E-state index in [0.29, 0.717) is 35.1 Å². The number of nitrogens with zero attached hydrogens (tertiary/aromatic N) is 4. The van der Waals surface area contributed by atoms with Crippen LogP contribution in [0.25, 0.3) is 11.2 Å². The molecule has 0 spiro atoms. The highest BCUT2D eigenvalue weighted by molar-refractivity contribution is 5.71. The minimum Gasteiger partial charge on any atom is -0.326 e. The van der Waals surface area contributed by atoms with Gasteiger partial charge in [-0.25, -0.2) is 14.2 Å². The number of likely N-dealkylation sites (tertiary alicyclic amines) is 1. The molecule has 7 nitrogen and oxygen atoms in total. The molecule has 1 unspecified atom stereocenters. The quantitative estimate of drug-likeness (QED) is 0.697. The topological polar surface area (TPSA) is 66.3 Å². The third-order valence-electron chi connectivity index (χ3n) is 6.18. The molecule has 4 rings (SSSR count). The first-order valence-electron chi connectivity index (χ1n) is 10.1. The molecule has 1 aliphatic heterocycles. The van der Waals surface area contributed by atoms with Crippen molar-refractivity contribution >= 4 is 11.2 Å². The highest BCUT2D eigenvalue weighted by atomic mass is 19.1. The van der Waals surface area contributed by atoms with Gasteiger partial charge in [-0.2, -0.15) is 0 Å². The summed E-state index contributed by atoms with van der Waals surface area (Å²) in [7, 11) is 3.08. The summed E-state index contributed by atoms with van der Waals surface area (Å²) in [5.74, 6) is 0.394. The lowest BCUT2D eigenvalue weighted by molar-refractivity contribution is -0.942. The Hall–Kier alpha value is -2.74. The van der Waals surface area contributed by atoms with Crippen LogP contribution in [0.4, 0.5) is 4.39 Å². The molecule has 0 bridgehead atoms. The first kappa shape index (κ1) is 19.6. The summed E-state index contributed by atoms with van der Waals surface area (Å²) in [6, 6.07) is 7.06. The third kappa shape index (κ3) is 3.42. The molecule has 0 aliphatic carbocycles. The van der Waals surface area contributed by atoms with Crippen molar-refractivity contribution < 1.29 is 9.29 Å². The normalized spacial score (nSPS) is 19.7. The average molecular weight is 400 g/mol. The zero-order valence-corrected chi connectivity index (χ0v) is 17.1. The second-order valence-electron chi connectivity index (χ2n) is 8.07. The SMILES string of the molecule is C[C@@H]1CCCC[NH+]1Cc1nc2c(c(=O)n(C)c(=O)n2C)n1Cc1ccccc1F. The van der Waals surface area contributed by atoms with Crippen LogP contribution in [0.1, 0.15) is 37.6 Å². The van der Waals surface area contributed by atoms with Gasteiger partial charge in [-0.15, -0.1) is 0 Å². The number of hydrogen-bond donors (Lipinski definition) is 1. The summed E-state index contributed by atoms with van der Waals surface area (Å²) >= 11 is 0. The number of nitrogens with one attached hydrogen (secondary N) is 1. The van der Waals surface area contributed by atoms with E-state index in [1.807, 2.05) is 0 Å². The Balaban J connectivity index is 1.90. The van der Waals surface area contributed by atoms with Crippen molar-refractivity contribution in [2.24, 2.45) is 14.1 Å². The maximum absolute atomic E-state index is 14.4. The number of halogens is 1. The Kier molecular flexibility index (Phi) is 5.12. The van der Waals surface area contributed by atoms with E-state index in [0.717, 1.165) is 24.0 Å². The van der Waals surface area contributed by atoms with E-state index in [4.69, 9.17) is 4.98 Å². The molecule has 0 radical (unpaired) electrons. The Morgan fingerprint density at radius 2 is 1.93 bits per heavy atom. The summed E-state index contributed by atoms with van der Waals surface area (Å²) in [5.41, 5.74) is 0.374. The Morgan fingerprint density at radius 1 is 1.17 bits per heavy atom. The number of hydrogen-bond acceptors (Lipinski definition) is 3. The standard InChI is InChI=1S/C21H26FN5O2/c1-14-8-6-7-11-26(14)13-17-23-19-18(20(28)25(3)21(29)24(19)2)27(17)12-15-9-4-5-10-16(15)22/h4-5,9-10,14H,6-8,11-13H2,1-3H3/p+1/t14-/m1/s1. The minimum absolute atomic E-state index is 0.202. The van der Waals surface area contributed by atoms with Crippen LogP contribution in [0.15, 0.2) is 33.9 Å². The van der Waals surface area contributed by atoms with Gasteiger partial charge in [0, 0.05) is 19.7 Å². The monoisotopic (exact) mass is 400 g/mol. The number of aromatic nitrogens is 4. The van der Waals surface area contributed by atoms with Gasteiger partial charge < -0.3 is 9.47 Å². The number of fused-ring (bicyclic) bond motifs is 1. The predicted molar refractivity (Wildman–Crippen MR) is 109 cm³/mol. The van der Waals surface area contributed by atoms with Gasteiger partial charge >= 0.3 is 5.69 Å². The molecule has 1 N–H and O–H groups in total. The van der Waals surface area contributed by atoms with E-state index in [1.165, 1.54) is 29.0 Å². The number of benzene rings is 1. The van der Waals surface area contributed by atoms with Crippen molar-refractivity contribution in [3.63, 3.8) is 0 Å². The molecule has 0 amide bonds. The van der Waals surface area contributed by atoms with E-state index in [9.17, 15) is 14.0 Å². The van der Waals surface area contributed by atoms with Crippen molar-refractivity contribution in [3.05, 3.63) is 62.3 Å². The van der Waals surface area contributed by atoms with Gasteiger partial charge in [-0.3, -0.25) is 13.9 Å². The second-order valence-corrected chi connectivity index (χ2v) is 8.07. The van der Waals surface area contributed by atoms with Gasteiger partial charge in [0.25, 0.3) is 5.56 Å². The van der Waals surface area contributed by atoms with Crippen molar-refractivity contribution in [1.82, 2.24) is 18.7 Å². The van der Waals surface area contributed by atoms with Crippen LogP contribution in [-0.2, 0) is 27.2 Å². The van der Waals surface area contributed by atoms with Gasteiger partial charge in [0.05, 0.1) is 19.1 Å². The van der Waals surface area contributed by atoms with E-state index in [1.54, 1.807) is 29.8 Å². The molecule has 1 fully saturated rings. The second kappa shape index (κ2) is 7.59. The fraction of sp³-hybridized carbons (Fsp3) is 0.476. The fourth-order valence-electron chi connectivity index (χ4n) is 4.31. The third-order valence-corrected chi connectivity index (χ3v) is 6.18.